The monoisotopic (exact) mass is 493 g/mol. The number of ketones is 1. The van der Waals surface area contributed by atoms with E-state index in [0.29, 0.717) is 43.3 Å². The van der Waals surface area contributed by atoms with Crippen LogP contribution in [0.5, 0.6) is 0 Å². The lowest BCUT2D eigenvalue weighted by Crippen LogP contribution is -2.36. The Morgan fingerprint density at radius 3 is 2.65 bits per heavy atom. The van der Waals surface area contributed by atoms with Crippen LogP contribution in [-0.2, 0) is 22.4 Å². The van der Waals surface area contributed by atoms with E-state index in [1.165, 1.54) is 12.1 Å². The topological polar surface area (TPSA) is 91.8 Å². The van der Waals surface area contributed by atoms with Crippen molar-refractivity contribution >= 4 is 33.6 Å². The van der Waals surface area contributed by atoms with Crippen molar-refractivity contribution in [1.82, 2.24) is 9.71 Å². The quantitative estimate of drug-likeness (QED) is 0.216. The molecule has 1 fully saturated rings. The molecule has 1 atom stereocenters. The maximum Gasteiger partial charge on any atom is 0.231 e. The van der Waals surface area contributed by atoms with Crippen LogP contribution < -0.4 is 9.62 Å². The normalized spacial score (nSPS) is 15.0. The highest BCUT2D eigenvalue weighted by atomic mass is 32.2. The SMILES string of the molecule is O=C(c1ccc2ncc(N3CCOCC3)cc2c1)c1c(F)c(F)cc(CCCNS(=O)O)c1F. The van der Waals surface area contributed by atoms with Gasteiger partial charge in [-0.25, -0.2) is 22.1 Å². The van der Waals surface area contributed by atoms with Gasteiger partial charge >= 0.3 is 0 Å². The zero-order chi connectivity index (χ0) is 24.2. The lowest BCUT2D eigenvalue weighted by atomic mass is 9.96. The van der Waals surface area contributed by atoms with Crippen LogP contribution in [-0.4, -0.2) is 52.4 Å². The molecule has 180 valence electrons. The maximum absolute atomic E-state index is 15.1. The van der Waals surface area contributed by atoms with Gasteiger partial charge in [0.1, 0.15) is 5.82 Å². The van der Waals surface area contributed by atoms with E-state index in [2.05, 4.69) is 14.6 Å². The van der Waals surface area contributed by atoms with Gasteiger partial charge < -0.3 is 9.64 Å². The second kappa shape index (κ2) is 10.6. The number of benzene rings is 2. The molecule has 1 aliphatic rings. The number of nitrogens with one attached hydrogen (secondary N) is 1. The zero-order valence-corrected chi connectivity index (χ0v) is 18.8. The molecule has 34 heavy (non-hydrogen) atoms. The van der Waals surface area contributed by atoms with E-state index in [0.717, 1.165) is 5.69 Å². The van der Waals surface area contributed by atoms with Gasteiger partial charge in [0.25, 0.3) is 0 Å². The Labute approximate surface area is 196 Å². The molecule has 3 aromatic rings. The zero-order valence-electron chi connectivity index (χ0n) is 18.0. The van der Waals surface area contributed by atoms with E-state index in [1.54, 1.807) is 12.3 Å². The standard InChI is InChI=1S/C23H22F3N3O4S/c24-18-12-14(2-1-5-28-34(31)32)21(25)20(22(18)26)23(30)15-3-4-19-16(10-15)11-17(13-27-19)29-6-8-33-9-7-29/h3-4,10-13,28H,1-2,5-9H2,(H,31,32). The Hall–Kier alpha value is -2.86. The summed E-state index contributed by atoms with van der Waals surface area (Å²) in [7, 11) is 0. The van der Waals surface area contributed by atoms with Crippen molar-refractivity contribution in [2.75, 3.05) is 37.7 Å². The summed E-state index contributed by atoms with van der Waals surface area (Å²) in [6, 6.07) is 7.00. The minimum absolute atomic E-state index is 0.000112. The van der Waals surface area contributed by atoms with Gasteiger partial charge in [-0.3, -0.25) is 14.3 Å². The molecule has 1 aliphatic heterocycles. The van der Waals surface area contributed by atoms with Gasteiger partial charge in [-0.2, -0.15) is 0 Å². The van der Waals surface area contributed by atoms with Crippen LogP contribution in [0, 0.1) is 17.5 Å². The minimum Gasteiger partial charge on any atom is -0.378 e. The molecule has 1 aromatic heterocycles. The summed E-state index contributed by atoms with van der Waals surface area (Å²) < 4.78 is 70.8. The van der Waals surface area contributed by atoms with Crippen molar-refractivity contribution in [1.29, 1.82) is 0 Å². The molecular weight excluding hydrogens is 471 g/mol. The van der Waals surface area contributed by atoms with E-state index in [9.17, 15) is 17.8 Å². The molecule has 1 unspecified atom stereocenters. The number of rotatable bonds is 8. The molecule has 4 rings (SSSR count). The number of nitrogens with zero attached hydrogens (tertiary/aromatic N) is 2. The van der Waals surface area contributed by atoms with Crippen molar-refractivity contribution < 1.29 is 31.5 Å². The molecule has 0 amide bonds. The Morgan fingerprint density at radius 2 is 1.91 bits per heavy atom. The number of aromatic nitrogens is 1. The lowest BCUT2D eigenvalue weighted by molar-refractivity contribution is 0.102. The number of fused-ring (bicyclic) bond motifs is 1. The lowest BCUT2D eigenvalue weighted by Gasteiger charge is -2.28. The average molecular weight is 494 g/mol. The van der Waals surface area contributed by atoms with E-state index >= 15 is 4.39 Å². The molecule has 2 aromatic carbocycles. The second-order valence-corrected chi connectivity index (χ2v) is 8.58. The second-order valence-electron chi connectivity index (χ2n) is 7.80. The van der Waals surface area contributed by atoms with Crippen molar-refractivity contribution in [3.05, 3.63) is 70.7 Å². The van der Waals surface area contributed by atoms with Crippen LogP contribution in [0.4, 0.5) is 18.9 Å². The molecule has 1 saturated heterocycles. The van der Waals surface area contributed by atoms with Gasteiger partial charge in [0.15, 0.2) is 17.4 Å². The van der Waals surface area contributed by atoms with Crippen molar-refractivity contribution in [2.45, 2.75) is 12.8 Å². The van der Waals surface area contributed by atoms with Crippen LogP contribution >= 0.6 is 0 Å². The molecule has 0 aliphatic carbocycles. The summed E-state index contributed by atoms with van der Waals surface area (Å²) >= 11 is -2.24. The van der Waals surface area contributed by atoms with Gasteiger partial charge in [-0.05, 0) is 48.7 Å². The summed E-state index contributed by atoms with van der Waals surface area (Å²) in [4.78, 5) is 19.5. The molecule has 2 N–H and O–H groups in total. The van der Waals surface area contributed by atoms with Crippen molar-refractivity contribution in [3.63, 3.8) is 0 Å². The number of aryl methyl sites for hydroxylation is 1. The third-order valence-corrected chi connectivity index (χ3v) is 6.06. The first-order chi connectivity index (χ1) is 16.3. The summed E-state index contributed by atoms with van der Waals surface area (Å²) in [5, 5.41) is 0.607. The van der Waals surface area contributed by atoms with Crippen LogP contribution in [0.25, 0.3) is 10.9 Å². The third-order valence-electron chi connectivity index (χ3n) is 5.61. The van der Waals surface area contributed by atoms with Crippen LogP contribution in [0.2, 0.25) is 0 Å². The number of anilines is 1. The number of hydrogen-bond acceptors (Lipinski definition) is 5. The van der Waals surface area contributed by atoms with Gasteiger partial charge in [-0.1, -0.05) is 0 Å². The molecule has 0 spiro atoms. The first-order valence-corrected chi connectivity index (χ1v) is 11.7. The Morgan fingerprint density at radius 1 is 1.15 bits per heavy atom. The van der Waals surface area contributed by atoms with Gasteiger partial charge in [-0.15, -0.1) is 0 Å². The predicted octanol–water partition coefficient (Wildman–Crippen LogP) is 3.38. The largest absolute Gasteiger partial charge is 0.378 e. The first kappa shape index (κ1) is 24.3. The Balaban J connectivity index is 1.64. The van der Waals surface area contributed by atoms with E-state index < -0.39 is 40.1 Å². The molecule has 7 nitrogen and oxygen atoms in total. The maximum atomic E-state index is 15.1. The van der Waals surface area contributed by atoms with Crippen LogP contribution in [0.3, 0.4) is 0 Å². The molecule has 11 heteroatoms. The van der Waals surface area contributed by atoms with Gasteiger partial charge in [0, 0.05) is 30.6 Å². The van der Waals surface area contributed by atoms with Crippen LogP contribution in [0.1, 0.15) is 27.9 Å². The molecule has 0 bridgehead atoms. The number of carbonyl (C=O) groups is 1. The van der Waals surface area contributed by atoms with E-state index in [4.69, 9.17) is 9.29 Å². The smallest absolute Gasteiger partial charge is 0.231 e. The Bertz CT molecular complexity index is 1250. The average Bonchev–Trinajstić information content (AvgIpc) is 2.84. The molecule has 0 saturated carbocycles. The fraction of sp³-hybridized carbons (Fsp3) is 0.304. The number of hydrogen-bond donors (Lipinski definition) is 2. The van der Waals surface area contributed by atoms with Crippen molar-refractivity contribution in [2.24, 2.45) is 0 Å². The first-order valence-electron chi connectivity index (χ1n) is 10.6. The highest BCUT2D eigenvalue weighted by molar-refractivity contribution is 7.77. The summed E-state index contributed by atoms with van der Waals surface area (Å²) in [5.74, 6) is -5.02. The fourth-order valence-electron chi connectivity index (χ4n) is 3.88. The number of carbonyl (C=O) groups excluding carboxylic acids is 1. The van der Waals surface area contributed by atoms with E-state index in [1.807, 2.05) is 6.07 Å². The summed E-state index contributed by atoms with van der Waals surface area (Å²) in [6.07, 6.45) is 1.83. The fourth-order valence-corrected chi connectivity index (χ4v) is 4.19. The molecular formula is C23H22F3N3O4S. The van der Waals surface area contributed by atoms with Crippen LogP contribution in [0.15, 0.2) is 36.5 Å². The van der Waals surface area contributed by atoms with Gasteiger partial charge in [0.2, 0.25) is 11.3 Å². The predicted molar refractivity (Wildman–Crippen MR) is 122 cm³/mol. The van der Waals surface area contributed by atoms with Crippen molar-refractivity contribution in [3.8, 4) is 0 Å². The van der Waals surface area contributed by atoms with E-state index in [-0.39, 0.29) is 30.5 Å². The summed E-state index contributed by atoms with van der Waals surface area (Å²) in [5.41, 5.74) is 0.279. The highest BCUT2D eigenvalue weighted by Crippen LogP contribution is 2.27. The highest BCUT2D eigenvalue weighted by Gasteiger charge is 2.25. The van der Waals surface area contributed by atoms with Gasteiger partial charge in [0.05, 0.1) is 36.2 Å². The number of ether oxygens (including phenoxy) is 1. The molecule has 2 heterocycles. The number of halogens is 3. The summed E-state index contributed by atoms with van der Waals surface area (Å²) in [6.45, 7) is 2.61. The molecule has 0 radical (unpaired) electrons. The number of pyridine rings is 1. The third kappa shape index (κ3) is 5.27. The minimum atomic E-state index is -2.24. The number of morpholine rings is 1. The Kier molecular flexibility index (Phi) is 7.57.